The summed E-state index contributed by atoms with van der Waals surface area (Å²) in [6, 6.07) is 12.1. The second kappa shape index (κ2) is 7.32. The van der Waals surface area contributed by atoms with Gasteiger partial charge in [0.15, 0.2) is 0 Å². The molecule has 6 heteroatoms. The van der Waals surface area contributed by atoms with E-state index in [9.17, 15) is 4.79 Å². The summed E-state index contributed by atoms with van der Waals surface area (Å²) in [5.41, 5.74) is 2.22. The van der Waals surface area contributed by atoms with E-state index in [4.69, 9.17) is 12.2 Å². The molecule has 0 saturated carbocycles. The molecule has 126 valence electrons. The minimum absolute atomic E-state index is 0.130. The maximum absolute atomic E-state index is 12.4. The molecule has 2 heterocycles. The zero-order valence-electron chi connectivity index (χ0n) is 13.9. The van der Waals surface area contributed by atoms with Gasteiger partial charge in [0.25, 0.3) is 5.91 Å². The summed E-state index contributed by atoms with van der Waals surface area (Å²) in [6.07, 6.45) is 0. The smallest absolute Gasteiger partial charge is 0.264 e. The standard InChI is InChI=1S/C18H21N3OS2/c1-19(2)15-7-5-14(6-8-15)18(23)21-11-9-20(10-12-21)17(22)16-4-3-13-24-16/h3-8,13H,9-12H2,1-2H3. The van der Waals surface area contributed by atoms with Crippen molar-refractivity contribution < 1.29 is 4.79 Å². The lowest BCUT2D eigenvalue weighted by Gasteiger charge is -2.36. The van der Waals surface area contributed by atoms with Crippen molar-refractivity contribution in [1.29, 1.82) is 0 Å². The van der Waals surface area contributed by atoms with Crippen LogP contribution in [0.5, 0.6) is 0 Å². The summed E-state index contributed by atoms with van der Waals surface area (Å²) in [7, 11) is 4.05. The normalized spacial score (nSPS) is 14.6. The largest absolute Gasteiger partial charge is 0.378 e. The number of amides is 1. The van der Waals surface area contributed by atoms with Crippen LogP contribution in [0.1, 0.15) is 15.2 Å². The fourth-order valence-corrected chi connectivity index (χ4v) is 3.76. The van der Waals surface area contributed by atoms with Crippen molar-refractivity contribution in [1.82, 2.24) is 9.80 Å². The highest BCUT2D eigenvalue weighted by atomic mass is 32.1. The van der Waals surface area contributed by atoms with E-state index in [-0.39, 0.29) is 5.91 Å². The predicted octanol–water partition coefficient (Wildman–Crippen LogP) is 2.95. The molecule has 1 aromatic heterocycles. The summed E-state index contributed by atoms with van der Waals surface area (Å²) in [4.78, 5) is 20.2. The number of hydrogen-bond acceptors (Lipinski definition) is 4. The Bertz CT molecular complexity index is 702. The molecule has 1 fully saturated rings. The van der Waals surface area contributed by atoms with E-state index < -0.39 is 0 Å². The van der Waals surface area contributed by atoms with Gasteiger partial charge >= 0.3 is 0 Å². The lowest BCUT2D eigenvalue weighted by molar-refractivity contribution is 0.0698. The van der Waals surface area contributed by atoms with Crippen LogP contribution in [0.3, 0.4) is 0 Å². The molecule has 3 rings (SSSR count). The average molecular weight is 360 g/mol. The number of thiophene rings is 1. The van der Waals surface area contributed by atoms with E-state index in [0.717, 1.165) is 34.2 Å². The maximum Gasteiger partial charge on any atom is 0.264 e. The molecule has 4 nitrogen and oxygen atoms in total. The molecule has 0 spiro atoms. The molecule has 0 aliphatic carbocycles. The highest BCUT2D eigenvalue weighted by molar-refractivity contribution is 7.80. The number of hydrogen-bond donors (Lipinski definition) is 0. The van der Waals surface area contributed by atoms with Gasteiger partial charge in [0.05, 0.1) is 4.88 Å². The highest BCUT2D eigenvalue weighted by Gasteiger charge is 2.24. The van der Waals surface area contributed by atoms with E-state index >= 15 is 0 Å². The number of benzene rings is 1. The number of piperazine rings is 1. The summed E-state index contributed by atoms with van der Waals surface area (Å²) >= 11 is 7.14. The van der Waals surface area contributed by atoms with Crippen molar-refractivity contribution in [3.05, 3.63) is 52.2 Å². The van der Waals surface area contributed by atoms with E-state index in [2.05, 4.69) is 34.1 Å². The molecule has 0 N–H and O–H groups in total. The number of anilines is 1. The van der Waals surface area contributed by atoms with Crippen LogP contribution in [0.4, 0.5) is 5.69 Å². The lowest BCUT2D eigenvalue weighted by atomic mass is 10.1. The Balaban J connectivity index is 1.60. The third kappa shape index (κ3) is 3.60. The van der Waals surface area contributed by atoms with Crippen LogP contribution < -0.4 is 4.90 Å². The average Bonchev–Trinajstić information content (AvgIpc) is 3.15. The van der Waals surface area contributed by atoms with Crippen LogP contribution in [-0.2, 0) is 0 Å². The van der Waals surface area contributed by atoms with Crippen molar-refractivity contribution in [2.75, 3.05) is 45.2 Å². The molecule has 2 aromatic rings. The molecule has 24 heavy (non-hydrogen) atoms. The van der Waals surface area contributed by atoms with Crippen molar-refractivity contribution in [2.24, 2.45) is 0 Å². The molecule has 1 amide bonds. The highest BCUT2D eigenvalue weighted by Crippen LogP contribution is 2.17. The molecule has 1 aliphatic heterocycles. The Morgan fingerprint density at radius 2 is 1.67 bits per heavy atom. The first-order valence-corrected chi connectivity index (χ1v) is 9.24. The molecule has 1 aromatic carbocycles. The second-order valence-electron chi connectivity index (χ2n) is 6.00. The molecular formula is C18H21N3OS2. The van der Waals surface area contributed by atoms with Gasteiger partial charge in [-0.25, -0.2) is 0 Å². The molecule has 1 aliphatic rings. The van der Waals surface area contributed by atoms with Gasteiger partial charge in [-0.3, -0.25) is 4.79 Å². The summed E-state index contributed by atoms with van der Waals surface area (Å²) in [6.45, 7) is 3.00. The Kier molecular flexibility index (Phi) is 5.16. The molecule has 0 radical (unpaired) electrons. The van der Waals surface area contributed by atoms with E-state index in [0.29, 0.717) is 13.1 Å². The number of rotatable bonds is 3. The molecule has 1 saturated heterocycles. The van der Waals surface area contributed by atoms with Gasteiger partial charge in [0.1, 0.15) is 4.99 Å². The molecule has 0 atom stereocenters. The van der Waals surface area contributed by atoms with Crippen molar-refractivity contribution in [3.8, 4) is 0 Å². The van der Waals surface area contributed by atoms with Gasteiger partial charge in [-0.05, 0) is 35.7 Å². The number of carbonyl (C=O) groups excluding carboxylic acids is 1. The van der Waals surface area contributed by atoms with Gasteiger partial charge in [0, 0.05) is 51.5 Å². The van der Waals surface area contributed by atoms with Gasteiger partial charge in [-0.1, -0.05) is 18.3 Å². The van der Waals surface area contributed by atoms with Crippen molar-refractivity contribution >= 4 is 40.1 Å². The number of nitrogens with zero attached hydrogens (tertiary/aromatic N) is 3. The lowest BCUT2D eigenvalue weighted by Crippen LogP contribution is -2.50. The first kappa shape index (κ1) is 16.9. The predicted molar refractivity (Wildman–Crippen MR) is 104 cm³/mol. The quantitative estimate of drug-likeness (QED) is 0.788. The monoisotopic (exact) mass is 359 g/mol. The summed E-state index contributed by atoms with van der Waals surface area (Å²) < 4.78 is 0. The third-order valence-corrected chi connectivity index (χ3v) is 5.57. The first-order valence-electron chi connectivity index (χ1n) is 7.95. The Labute approximate surface area is 152 Å². The Hall–Kier alpha value is -1.92. The number of carbonyl (C=O) groups is 1. The van der Waals surface area contributed by atoms with Gasteiger partial charge in [-0.15, -0.1) is 11.3 Å². The van der Waals surface area contributed by atoms with Crippen LogP contribution in [0.25, 0.3) is 0 Å². The van der Waals surface area contributed by atoms with Crippen LogP contribution in [0.2, 0.25) is 0 Å². The first-order chi connectivity index (χ1) is 11.6. The van der Waals surface area contributed by atoms with Crippen molar-refractivity contribution in [3.63, 3.8) is 0 Å². The maximum atomic E-state index is 12.4. The minimum atomic E-state index is 0.130. The summed E-state index contributed by atoms with van der Waals surface area (Å²) in [5, 5.41) is 1.94. The molecule has 0 bridgehead atoms. The SMILES string of the molecule is CN(C)c1ccc(C(=S)N2CCN(C(=O)c3cccs3)CC2)cc1. The Morgan fingerprint density at radius 1 is 1.04 bits per heavy atom. The van der Waals surface area contributed by atoms with Crippen LogP contribution >= 0.6 is 23.6 Å². The van der Waals surface area contributed by atoms with Crippen LogP contribution in [-0.4, -0.2) is 61.0 Å². The van der Waals surface area contributed by atoms with Gasteiger partial charge in [0.2, 0.25) is 0 Å². The second-order valence-corrected chi connectivity index (χ2v) is 7.34. The summed E-state index contributed by atoms with van der Waals surface area (Å²) in [5.74, 6) is 0.130. The van der Waals surface area contributed by atoms with E-state index in [1.807, 2.05) is 36.5 Å². The third-order valence-electron chi connectivity index (χ3n) is 4.22. The van der Waals surface area contributed by atoms with Gasteiger partial charge in [-0.2, -0.15) is 0 Å². The molecule has 0 unspecified atom stereocenters. The van der Waals surface area contributed by atoms with Crippen molar-refractivity contribution in [2.45, 2.75) is 0 Å². The Morgan fingerprint density at radius 3 is 2.21 bits per heavy atom. The minimum Gasteiger partial charge on any atom is -0.378 e. The van der Waals surface area contributed by atoms with Gasteiger partial charge < -0.3 is 14.7 Å². The van der Waals surface area contributed by atoms with Crippen LogP contribution in [0.15, 0.2) is 41.8 Å². The fraction of sp³-hybridized carbons (Fsp3) is 0.333. The fourth-order valence-electron chi connectivity index (χ4n) is 2.75. The zero-order valence-corrected chi connectivity index (χ0v) is 15.6. The topological polar surface area (TPSA) is 26.8 Å². The number of thiocarbonyl (C=S) groups is 1. The molecular weight excluding hydrogens is 338 g/mol. The van der Waals surface area contributed by atoms with E-state index in [1.54, 1.807) is 0 Å². The zero-order chi connectivity index (χ0) is 17.1. The van der Waals surface area contributed by atoms with Crippen LogP contribution in [0, 0.1) is 0 Å². The van der Waals surface area contributed by atoms with E-state index in [1.165, 1.54) is 11.3 Å².